The summed E-state index contributed by atoms with van der Waals surface area (Å²) in [6.45, 7) is 1.43. The second-order valence-corrected chi connectivity index (χ2v) is 6.46. The molecule has 7 heteroatoms. The minimum absolute atomic E-state index is 0.155. The fourth-order valence-electron chi connectivity index (χ4n) is 0.864. The van der Waals surface area contributed by atoms with Crippen molar-refractivity contribution in [2.45, 2.75) is 13.0 Å². The molecule has 0 saturated heterocycles. The number of hydrogen-bond donors (Lipinski definition) is 0. The van der Waals surface area contributed by atoms with Crippen molar-refractivity contribution >= 4 is 20.0 Å². The Balaban J connectivity index is 2.67. The van der Waals surface area contributed by atoms with Crippen LogP contribution in [0.4, 0.5) is 0 Å². The van der Waals surface area contributed by atoms with Crippen LogP contribution in [-0.4, -0.2) is 34.4 Å². The first kappa shape index (κ1) is 10.7. The molecule has 0 aromatic rings. The molecule has 0 bridgehead atoms. The normalized spacial score (nSPS) is 26.4. The molecule has 0 saturated carbocycles. The third kappa shape index (κ3) is 3.09. The van der Waals surface area contributed by atoms with Crippen LogP contribution in [-0.2, 0) is 24.1 Å². The van der Waals surface area contributed by atoms with E-state index in [9.17, 15) is 16.8 Å². The van der Waals surface area contributed by atoms with Crippen molar-refractivity contribution in [3.05, 3.63) is 11.5 Å². The van der Waals surface area contributed by atoms with Crippen molar-refractivity contribution < 1.29 is 21.0 Å². The molecule has 1 unspecified atom stereocenters. The summed E-state index contributed by atoms with van der Waals surface area (Å²) >= 11 is 0. The zero-order valence-corrected chi connectivity index (χ0v) is 8.64. The topological polar surface area (TPSA) is 77.5 Å². The molecule has 1 aliphatic heterocycles. The molecule has 1 rings (SSSR count). The van der Waals surface area contributed by atoms with Crippen LogP contribution in [0.1, 0.15) is 6.92 Å². The van der Waals surface area contributed by atoms with E-state index in [4.69, 9.17) is 0 Å². The van der Waals surface area contributed by atoms with Gasteiger partial charge in [-0.05, 0) is 13.0 Å². The Morgan fingerprint density at radius 1 is 1.54 bits per heavy atom. The third-order valence-electron chi connectivity index (χ3n) is 1.52. The molecule has 13 heavy (non-hydrogen) atoms. The van der Waals surface area contributed by atoms with Gasteiger partial charge in [0.1, 0.15) is 6.10 Å². The summed E-state index contributed by atoms with van der Waals surface area (Å²) in [5.74, 6) is -0.441. The van der Waals surface area contributed by atoms with Crippen LogP contribution in [0.25, 0.3) is 0 Å². The summed E-state index contributed by atoms with van der Waals surface area (Å²) < 4.78 is 48.1. The lowest BCUT2D eigenvalue weighted by atomic mass is 10.4. The van der Waals surface area contributed by atoms with Crippen LogP contribution >= 0.6 is 0 Å². The highest BCUT2D eigenvalue weighted by Crippen LogP contribution is 2.13. The summed E-state index contributed by atoms with van der Waals surface area (Å²) in [5, 5.41) is 0.975. The van der Waals surface area contributed by atoms with Crippen molar-refractivity contribution in [1.29, 1.82) is 0 Å². The molecule has 0 N–H and O–H groups in total. The predicted octanol–water partition coefficient (Wildman–Crippen LogP) is -0.337. The van der Waals surface area contributed by atoms with Gasteiger partial charge < -0.3 is 0 Å². The van der Waals surface area contributed by atoms with Gasteiger partial charge in [-0.2, -0.15) is 8.42 Å². The Morgan fingerprint density at radius 3 is 2.54 bits per heavy atom. The summed E-state index contributed by atoms with van der Waals surface area (Å²) in [4.78, 5) is 0. The largest absolute Gasteiger partial charge is 0.267 e. The molecule has 0 aliphatic carbocycles. The maximum absolute atomic E-state index is 10.9. The van der Waals surface area contributed by atoms with E-state index in [1.54, 1.807) is 0 Å². The average molecular weight is 226 g/mol. The van der Waals surface area contributed by atoms with Gasteiger partial charge in [-0.3, -0.25) is 4.18 Å². The molecule has 1 aliphatic rings. The molecule has 0 aromatic heterocycles. The highest BCUT2D eigenvalue weighted by atomic mass is 32.2. The highest BCUT2D eigenvalue weighted by molar-refractivity contribution is 7.94. The smallest absolute Gasteiger partial charge is 0.261 e. The minimum atomic E-state index is -3.57. The molecule has 0 fully saturated rings. The van der Waals surface area contributed by atoms with Gasteiger partial charge in [0.25, 0.3) is 10.1 Å². The second-order valence-electron chi connectivity index (χ2n) is 2.64. The maximum atomic E-state index is 10.9. The molecule has 0 radical (unpaired) electrons. The Kier molecular flexibility index (Phi) is 2.79. The quantitative estimate of drug-likeness (QED) is 0.615. The standard InChI is InChI=1S/C6H10O5S2/c1-2-13(9,10)11-6-3-4-12(7,8)5-6/h3-4,6H,2,5H2,1H3. The van der Waals surface area contributed by atoms with E-state index in [1.807, 2.05) is 0 Å². The van der Waals surface area contributed by atoms with E-state index in [-0.39, 0.29) is 11.5 Å². The first-order valence-electron chi connectivity index (χ1n) is 3.66. The fraction of sp³-hybridized carbons (Fsp3) is 0.667. The number of sulfone groups is 1. The minimum Gasteiger partial charge on any atom is -0.261 e. The van der Waals surface area contributed by atoms with Crippen molar-refractivity contribution in [3.63, 3.8) is 0 Å². The van der Waals surface area contributed by atoms with E-state index in [1.165, 1.54) is 13.0 Å². The van der Waals surface area contributed by atoms with Crippen molar-refractivity contribution in [3.8, 4) is 0 Å². The molecule has 5 nitrogen and oxygen atoms in total. The fourth-order valence-corrected chi connectivity index (χ4v) is 2.76. The Labute approximate surface area is 77.4 Å². The number of hydrogen-bond acceptors (Lipinski definition) is 5. The Hall–Kier alpha value is -0.400. The summed E-state index contributed by atoms with van der Waals surface area (Å²) in [5.41, 5.74) is 0. The highest BCUT2D eigenvalue weighted by Gasteiger charge is 2.26. The zero-order valence-electron chi connectivity index (χ0n) is 7.00. The van der Waals surface area contributed by atoms with Crippen LogP contribution in [0, 0.1) is 0 Å². The number of rotatable bonds is 3. The maximum Gasteiger partial charge on any atom is 0.267 e. The first-order chi connectivity index (χ1) is 5.85. The van der Waals surface area contributed by atoms with Crippen molar-refractivity contribution in [2.75, 3.05) is 11.5 Å². The molecule has 0 spiro atoms. The van der Waals surface area contributed by atoms with E-state index >= 15 is 0 Å². The monoisotopic (exact) mass is 226 g/mol. The van der Waals surface area contributed by atoms with Gasteiger partial charge in [-0.25, -0.2) is 8.42 Å². The van der Waals surface area contributed by atoms with Crippen molar-refractivity contribution in [1.82, 2.24) is 0 Å². The lowest BCUT2D eigenvalue weighted by Gasteiger charge is -2.06. The van der Waals surface area contributed by atoms with Crippen LogP contribution < -0.4 is 0 Å². The molecule has 1 heterocycles. The van der Waals surface area contributed by atoms with Gasteiger partial charge in [0.2, 0.25) is 0 Å². The van der Waals surface area contributed by atoms with E-state index in [2.05, 4.69) is 4.18 Å². The first-order valence-corrected chi connectivity index (χ1v) is 6.96. The molecule has 0 aromatic carbocycles. The zero-order chi connectivity index (χ0) is 10.1. The van der Waals surface area contributed by atoms with Gasteiger partial charge in [-0.1, -0.05) is 0 Å². The molecule has 76 valence electrons. The summed E-state index contributed by atoms with van der Waals surface area (Å²) in [6.07, 6.45) is 0.387. The third-order valence-corrected chi connectivity index (χ3v) is 4.13. The molecule has 0 amide bonds. The van der Waals surface area contributed by atoms with Crippen molar-refractivity contribution in [2.24, 2.45) is 0 Å². The van der Waals surface area contributed by atoms with E-state index in [0.29, 0.717) is 0 Å². The molecular formula is C6H10O5S2. The Bertz CT molecular complexity index is 402. The van der Waals surface area contributed by atoms with E-state index in [0.717, 1.165) is 5.41 Å². The Morgan fingerprint density at radius 2 is 2.15 bits per heavy atom. The summed E-state index contributed by atoms with van der Waals surface area (Å²) in [6, 6.07) is 0. The van der Waals surface area contributed by atoms with Gasteiger partial charge >= 0.3 is 0 Å². The van der Waals surface area contributed by atoms with Gasteiger partial charge in [0.05, 0.1) is 11.5 Å². The van der Waals surface area contributed by atoms with Crippen LogP contribution in [0.5, 0.6) is 0 Å². The lowest BCUT2D eigenvalue weighted by molar-refractivity contribution is 0.280. The van der Waals surface area contributed by atoms with Crippen LogP contribution in [0.15, 0.2) is 11.5 Å². The van der Waals surface area contributed by atoms with Gasteiger partial charge in [0, 0.05) is 5.41 Å². The molecular weight excluding hydrogens is 216 g/mol. The molecule has 1 atom stereocenters. The second kappa shape index (κ2) is 3.39. The average Bonchev–Trinajstić information content (AvgIpc) is 2.29. The SMILES string of the molecule is CCS(=O)(=O)OC1C=CS(=O)(=O)C1. The van der Waals surface area contributed by atoms with Crippen LogP contribution in [0.2, 0.25) is 0 Å². The predicted molar refractivity (Wildman–Crippen MR) is 47.3 cm³/mol. The van der Waals surface area contributed by atoms with Gasteiger partial charge in [-0.15, -0.1) is 0 Å². The van der Waals surface area contributed by atoms with Crippen LogP contribution in [0.3, 0.4) is 0 Å². The van der Waals surface area contributed by atoms with E-state index < -0.39 is 26.1 Å². The summed E-state index contributed by atoms with van der Waals surface area (Å²) in [7, 11) is -6.81. The van der Waals surface area contributed by atoms with Gasteiger partial charge in [0.15, 0.2) is 9.84 Å². The lowest BCUT2D eigenvalue weighted by Crippen LogP contribution is -2.20.